The van der Waals surface area contributed by atoms with E-state index in [0.29, 0.717) is 10.4 Å². The van der Waals surface area contributed by atoms with E-state index in [9.17, 15) is 9.59 Å². The van der Waals surface area contributed by atoms with Crippen molar-refractivity contribution in [3.05, 3.63) is 55.1 Å². The van der Waals surface area contributed by atoms with Crippen molar-refractivity contribution >= 4 is 17.2 Å². The maximum Gasteiger partial charge on any atom is 0.261 e. The number of hydrogen-bond acceptors (Lipinski definition) is 3. The van der Waals surface area contributed by atoms with Crippen LogP contribution < -0.4 is 10.9 Å². The Balaban J connectivity index is 2.09. The van der Waals surface area contributed by atoms with E-state index < -0.39 is 0 Å². The molecule has 0 radical (unpaired) electrons. The van der Waals surface area contributed by atoms with Crippen LogP contribution in [0.1, 0.15) is 38.3 Å². The molecule has 2 aromatic heterocycles. The number of thiophene rings is 1. The molecule has 0 unspecified atom stereocenters. The fraction of sp³-hybridized carbons (Fsp3) is 0.333. The molecule has 2 rings (SSSR count). The van der Waals surface area contributed by atoms with E-state index in [1.54, 1.807) is 0 Å². The lowest BCUT2D eigenvalue weighted by molar-refractivity contribution is 0.0955. The zero-order valence-electron chi connectivity index (χ0n) is 11.9. The van der Waals surface area contributed by atoms with Crippen LogP contribution in [0.4, 0.5) is 0 Å². The number of H-pyrrole nitrogens is 1. The smallest absolute Gasteiger partial charge is 0.261 e. The second-order valence-corrected chi connectivity index (χ2v) is 5.91. The van der Waals surface area contributed by atoms with E-state index in [1.807, 2.05) is 32.0 Å². The molecule has 2 N–H and O–H groups in total. The quantitative estimate of drug-likeness (QED) is 0.909. The topological polar surface area (TPSA) is 62.0 Å². The Hall–Kier alpha value is -1.88. The van der Waals surface area contributed by atoms with Crippen LogP contribution >= 0.6 is 11.3 Å². The number of aromatic nitrogens is 1. The van der Waals surface area contributed by atoms with Crippen molar-refractivity contribution in [1.82, 2.24) is 10.3 Å². The summed E-state index contributed by atoms with van der Waals surface area (Å²) in [6, 6.07) is 5.69. The summed E-state index contributed by atoms with van der Waals surface area (Å²) in [5.41, 5.74) is 2.19. The third-order valence-electron chi connectivity index (χ3n) is 3.15. The predicted molar refractivity (Wildman–Crippen MR) is 81.4 cm³/mol. The van der Waals surface area contributed by atoms with Gasteiger partial charge in [0.2, 0.25) is 0 Å². The molecule has 0 atom stereocenters. The predicted octanol–water partition coefficient (Wildman–Crippen LogP) is 2.55. The maximum atomic E-state index is 12.0. The van der Waals surface area contributed by atoms with Gasteiger partial charge in [0.15, 0.2) is 0 Å². The Morgan fingerprint density at radius 2 is 2.10 bits per heavy atom. The summed E-state index contributed by atoms with van der Waals surface area (Å²) in [4.78, 5) is 28.5. The number of hydrogen-bond donors (Lipinski definition) is 2. The van der Waals surface area contributed by atoms with Gasteiger partial charge in [0, 0.05) is 22.7 Å². The number of pyridine rings is 1. The Bertz CT molecular complexity index is 685. The molecule has 0 spiro atoms. The molecule has 0 saturated heterocycles. The molecule has 106 valence electrons. The van der Waals surface area contributed by atoms with Gasteiger partial charge in [-0.05, 0) is 44.0 Å². The molecule has 1 amide bonds. The van der Waals surface area contributed by atoms with Gasteiger partial charge in [0.1, 0.15) is 0 Å². The molecule has 2 aromatic rings. The number of carbonyl (C=O) groups is 1. The maximum absolute atomic E-state index is 12.0. The average molecular weight is 290 g/mol. The van der Waals surface area contributed by atoms with Crippen LogP contribution in [0.15, 0.2) is 23.0 Å². The molecule has 0 saturated carbocycles. The minimum atomic E-state index is -0.136. The number of aromatic amines is 1. The minimum Gasteiger partial charge on any atom is -0.347 e. The first-order valence-corrected chi connectivity index (χ1v) is 7.39. The van der Waals surface area contributed by atoms with E-state index in [-0.39, 0.29) is 18.0 Å². The standard InChI is InChI=1S/C15H18N2O2S/c1-4-11-5-6-13(20-11)15(19)16-8-12-9(2)7-10(3)17-14(12)18/h5-7H,4,8H2,1-3H3,(H,16,19)(H,17,18). The minimum absolute atomic E-state index is 0.130. The first kappa shape index (κ1) is 14.5. The monoisotopic (exact) mass is 290 g/mol. The summed E-state index contributed by atoms with van der Waals surface area (Å²) in [6.07, 6.45) is 0.925. The van der Waals surface area contributed by atoms with Crippen LogP contribution in [0.3, 0.4) is 0 Å². The normalized spacial score (nSPS) is 10.6. The van der Waals surface area contributed by atoms with Crippen LogP contribution in [0.5, 0.6) is 0 Å². The largest absolute Gasteiger partial charge is 0.347 e. The van der Waals surface area contributed by atoms with Gasteiger partial charge >= 0.3 is 0 Å². The Labute approximate surface area is 121 Å². The van der Waals surface area contributed by atoms with E-state index >= 15 is 0 Å². The first-order valence-electron chi connectivity index (χ1n) is 6.57. The Kier molecular flexibility index (Phi) is 4.39. The lowest BCUT2D eigenvalue weighted by Gasteiger charge is -2.07. The van der Waals surface area contributed by atoms with Gasteiger partial charge in [-0.1, -0.05) is 6.92 Å². The van der Waals surface area contributed by atoms with Crippen LogP contribution in [0.25, 0.3) is 0 Å². The SMILES string of the molecule is CCc1ccc(C(=O)NCc2c(C)cc(C)[nH]c2=O)s1. The highest BCUT2D eigenvalue weighted by atomic mass is 32.1. The molecule has 0 aliphatic heterocycles. The molecule has 4 nitrogen and oxygen atoms in total. The highest BCUT2D eigenvalue weighted by Crippen LogP contribution is 2.16. The van der Waals surface area contributed by atoms with Gasteiger partial charge in [0.05, 0.1) is 4.88 Å². The fourth-order valence-corrected chi connectivity index (χ4v) is 2.91. The molecular weight excluding hydrogens is 272 g/mol. The molecule has 5 heteroatoms. The van der Waals surface area contributed by atoms with Crippen LogP contribution in [0.2, 0.25) is 0 Å². The number of amides is 1. The zero-order valence-corrected chi connectivity index (χ0v) is 12.7. The van der Waals surface area contributed by atoms with E-state index in [0.717, 1.165) is 17.7 Å². The third-order valence-corrected chi connectivity index (χ3v) is 4.38. The molecule has 20 heavy (non-hydrogen) atoms. The zero-order chi connectivity index (χ0) is 14.7. The molecule has 0 aliphatic rings. The van der Waals surface area contributed by atoms with Gasteiger partial charge in [-0.3, -0.25) is 9.59 Å². The first-order chi connectivity index (χ1) is 9.51. The third kappa shape index (κ3) is 3.17. The molecule has 0 bridgehead atoms. The van der Waals surface area contributed by atoms with E-state index in [2.05, 4.69) is 17.2 Å². The van der Waals surface area contributed by atoms with Crippen molar-refractivity contribution in [2.75, 3.05) is 0 Å². The molecule has 2 heterocycles. The summed E-state index contributed by atoms with van der Waals surface area (Å²) in [5.74, 6) is -0.130. The van der Waals surface area contributed by atoms with Crippen molar-refractivity contribution in [3.8, 4) is 0 Å². The molecule has 0 fully saturated rings. The number of carbonyl (C=O) groups excluding carboxylic acids is 1. The summed E-state index contributed by atoms with van der Waals surface area (Å²) < 4.78 is 0. The molecule has 0 aromatic carbocycles. The summed E-state index contributed by atoms with van der Waals surface area (Å²) in [6.45, 7) is 6.03. The molecular formula is C15H18N2O2S. The number of rotatable bonds is 4. The fourth-order valence-electron chi connectivity index (χ4n) is 2.05. The van der Waals surface area contributed by atoms with Gasteiger partial charge in [-0.2, -0.15) is 0 Å². The Morgan fingerprint density at radius 3 is 2.70 bits per heavy atom. The summed E-state index contributed by atoms with van der Waals surface area (Å²) in [7, 11) is 0. The Morgan fingerprint density at radius 1 is 1.35 bits per heavy atom. The lowest BCUT2D eigenvalue weighted by atomic mass is 10.1. The second kappa shape index (κ2) is 6.05. The molecule has 0 aliphatic carbocycles. The number of nitrogens with one attached hydrogen (secondary N) is 2. The van der Waals surface area contributed by atoms with Gasteiger partial charge in [-0.25, -0.2) is 0 Å². The highest BCUT2D eigenvalue weighted by molar-refractivity contribution is 7.14. The average Bonchev–Trinajstić information content (AvgIpc) is 2.86. The van der Waals surface area contributed by atoms with E-state index in [4.69, 9.17) is 0 Å². The van der Waals surface area contributed by atoms with Crippen molar-refractivity contribution < 1.29 is 4.79 Å². The summed E-state index contributed by atoms with van der Waals surface area (Å²) >= 11 is 1.49. The van der Waals surface area contributed by atoms with Gasteiger partial charge < -0.3 is 10.3 Å². The van der Waals surface area contributed by atoms with Crippen LogP contribution in [-0.2, 0) is 13.0 Å². The number of aryl methyl sites for hydroxylation is 3. The lowest BCUT2D eigenvalue weighted by Crippen LogP contribution is -2.27. The van der Waals surface area contributed by atoms with Crippen molar-refractivity contribution in [1.29, 1.82) is 0 Å². The van der Waals surface area contributed by atoms with E-state index in [1.165, 1.54) is 16.2 Å². The van der Waals surface area contributed by atoms with Gasteiger partial charge in [-0.15, -0.1) is 11.3 Å². The van der Waals surface area contributed by atoms with Crippen LogP contribution in [0, 0.1) is 13.8 Å². The highest BCUT2D eigenvalue weighted by Gasteiger charge is 2.11. The van der Waals surface area contributed by atoms with Crippen molar-refractivity contribution in [2.24, 2.45) is 0 Å². The summed E-state index contributed by atoms with van der Waals surface area (Å²) in [5, 5.41) is 2.81. The van der Waals surface area contributed by atoms with Crippen molar-refractivity contribution in [2.45, 2.75) is 33.7 Å². The second-order valence-electron chi connectivity index (χ2n) is 4.75. The van der Waals surface area contributed by atoms with Gasteiger partial charge in [0.25, 0.3) is 11.5 Å². The van der Waals surface area contributed by atoms with Crippen LogP contribution in [-0.4, -0.2) is 10.9 Å². The van der Waals surface area contributed by atoms with Crippen molar-refractivity contribution in [3.63, 3.8) is 0 Å².